The zero-order valence-electron chi connectivity index (χ0n) is 10.8. The van der Waals surface area contributed by atoms with Crippen LogP contribution in [-0.4, -0.2) is 17.4 Å². The summed E-state index contributed by atoms with van der Waals surface area (Å²) in [5.41, 5.74) is 6.61. The summed E-state index contributed by atoms with van der Waals surface area (Å²) in [7, 11) is 0. The van der Waals surface area contributed by atoms with Crippen molar-refractivity contribution in [3.8, 4) is 0 Å². The Morgan fingerprint density at radius 3 is 2.78 bits per heavy atom. The van der Waals surface area contributed by atoms with Crippen LogP contribution < -0.4 is 11.1 Å². The van der Waals surface area contributed by atoms with Crippen molar-refractivity contribution < 1.29 is 4.79 Å². The van der Waals surface area contributed by atoms with E-state index < -0.39 is 0 Å². The molecule has 5 heteroatoms. The molecule has 18 heavy (non-hydrogen) atoms. The minimum atomic E-state index is 0.174. The molecule has 3 N–H and O–H groups in total. The fourth-order valence-electron chi connectivity index (χ4n) is 2.47. The van der Waals surface area contributed by atoms with Gasteiger partial charge in [0.25, 0.3) is 0 Å². The monoisotopic (exact) mass is 267 g/mol. The normalized spacial score (nSPS) is 23.9. The fraction of sp³-hybridized carbons (Fsp3) is 0.692. The van der Waals surface area contributed by atoms with E-state index in [9.17, 15) is 4.79 Å². The Bertz CT molecular complexity index is 397. The number of hydrogen-bond donors (Lipinski definition) is 2. The lowest BCUT2D eigenvalue weighted by Gasteiger charge is -2.26. The van der Waals surface area contributed by atoms with E-state index in [0.717, 1.165) is 42.9 Å². The summed E-state index contributed by atoms with van der Waals surface area (Å²) in [4.78, 5) is 16.3. The van der Waals surface area contributed by atoms with Crippen LogP contribution in [0.15, 0.2) is 5.38 Å². The molecule has 0 aromatic carbocycles. The number of hydrogen-bond acceptors (Lipinski definition) is 4. The average Bonchev–Trinajstić information content (AvgIpc) is 2.82. The Morgan fingerprint density at radius 1 is 1.50 bits per heavy atom. The highest BCUT2D eigenvalue weighted by Crippen LogP contribution is 2.28. The molecule has 0 aliphatic heterocycles. The van der Waals surface area contributed by atoms with E-state index in [1.54, 1.807) is 11.3 Å². The van der Waals surface area contributed by atoms with E-state index in [1.165, 1.54) is 0 Å². The van der Waals surface area contributed by atoms with Gasteiger partial charge in [-0.1, -0.05) is 0 Å². The minimum absolute atomic E-state index is 0.174. The lowest BCUT2D eigenvalue weighted by Crippen LogP contribution is -2.34. The Kier molecular flexibility index (Phi) is 4.72. The molecule has 1 aliphatic carbocycles. The first-order valence-corrected chi connectivity index (χ1v) is 7.45. The molecule has 1 fully saturated rings. The molecule has 1 aromatic rings. The van der Waals surface area contributed by atoms with Crippen LogP contribution in [0.2, 0.25) is 0 Å². The molecule has 1 saturated carbocycles. The Morgan fingerprint density at radius 2 is 2.22 bits per heavy atom. The fourth-order valence-corrected chi connectivity index (χ4v) is 3.08. The molecule has 1 heterocycles. The highest BCUT2D eigenvalue weighted by atomic mass is 32.1. The molecule has 1 aromatic heterocycles. The van der Waals surface area contributed by atoms with Crippen molar-refractivity contribution in [2.24, 2.45) is 17.6 Å². The lowest BCUT2D eigenvalue weighted by molar-refractivity contribution is -0.126. The van der Waals surface area contributed by atoms with Gasteiger partial charge < -0.3 is 11.1 Å². The van der Waals surface area contributed by atoms with E-state index in [0.29, 0.717) is 12.5 Å². The number of nitrogens with two attached hydrogens (primary N) is 1. The van der Waals surface area contributed by atoms with Crippen molar-refractivity contribution in [1.29, 1.82) is 0 Å². The summed E-state index contributed by atoms with van der Waals surface area (Å²) in [6, 6.07) is 0. The van der Waals surface area contributed by atoms with Gasteiger partial charge >= 0.3 is 0 Å². The van der Waals surface area contributed by atoms with Gasteiger partial charge in [0.05, 0.1) is 17.2 Å². The van der Waals surface area contributed by atoms with Gasteiger partial charge in [-0.05, 0) is 45.1 Å². The second-order valence-corrected chi connectivity index (χ2v) is 6.09. The topological polar surface area (TPSA) is 68.0 Å². The maximum atomic E-state index is 12.0. The molecule has 0 saturated heterocycles. The predicted molar refractivity (Wildman–Crippen MR) is 73.2 cm³/mol. The standard InChI is InChI=1S/C13H21N3OS/c1-9-16-12(8-18-9)7-15-13(17)11-4-2-10(6-14)3-5-11/h8,10-11H,2-7,14H2,1H3,(H,15,17). The van der Waals surface area contributed by atoms with E-state index in [-0.39, 0.29) is 11.8 Å². The van der Waals surface area contributed by atoms with Crippen LogP contribution in [0.4, 0.5) is 0 Å². The summed E-state index contributed by atoms with van der Waals surface area (Å²) in [5.74, 6) is 0.971. The minimum Gasteiger partial charge on any atom is -0.350 e. The highest BCUT2D eigenvalue weighted by Gasteiger charge is 2.25. The third-order valence-corrected chi connectivity index (χ3v) is 4.48. The number of nitrogens with one attached hydrogen (secondary N) is 1. The summed E-state index contributed by atoms with van der Waals surface area (Å²) in [5, 5.41) is 6.03. The average molecular weight is 267 g/mol. The van der Waals surface area contributed by atoms with Crippen molar-refractivity contribution in [2.45, 2.75) is 39.2 Å². The number of aryl methyl sites for hydroxylation is 1. The molecule has 0 radical (unpaired) electrons. The maximum absolute atomic E-state index is 12.0. The van der Waals surface area contributed by atoms with Gasteiger partial charge in [0.15, 0.2) is 0 Å². The van der Waals surface area contributed by atoms with Crippen LogP contribution in [0.1, 0.15) is 36.4 Å². The first-order chi connectivity index (χ1) is 8.69. The number of amides is 1. The summed E-state index contributed by atoms with van der Waals surface area (Å²) >= 11 is 1.62. The first-order valence-electron chi connectivity index (χ1n) is 6.58. The van der Waals surface area contributed by atoms with Gasteiger partial charge in [0.2, 0.25) is 5.91 Å². The predicted octanol–water partition coefficient (Wildman–Crippen LogP) is 1.83. The van der Waals surface area contributed by atoms with Crippen LogP contribution in [0.25, 0.3) is 0 Å². The second kappa shape index (κ2) is 6.29. The van der Waals surface area contributed by atoms with Gasteiger partial charge in [-0.3, -0.25) is 4.79 Å². The van der Waals surface area contributed by atoms with Gasteiger partial charge in [-0.2, -0.15) is 0 Å². The number of carbonyl (C=O) groups is 1. The highest BCUT2D eigenvalue weighted by molar-refractivity contribution is 7.09. The van der Waals surface area contributed by atoms with E-state index in [2.05, 4.69) is 10.3 Å². The van der Waals surface area contributed by atoms with Crippen LogP contribution in [0.5, 0.6) is 0 Å². The number of aromatic nitrogens is 1. The van der Waals surface area contributed by atoms with Crippen molar-refractivity contribution >= 4 is 17.2 Å². The molecule has 0 unspecified atom stereocenters. The van der Waals surface area contributed by atoms with Crippen LogP contribution >= 0.6 is 11.3 Å². The molecule has 0 bridgehead atoms. The third-order valence-electron chi connectivity index (χ3n) is 3.66. The van der Waals surface area contributed by atoms with Crippen LogP contribution in [0, 0.1) is 18.8 Å². The van der Waals surface area contributed by atoms with Gasteiger partial charge in [0, 0.05) is 11.3 Å². The molecular formula is C13H21N3OS. The number of carbonyl (C=O) groups excluding carboxylic acids is 1. The Labute approximate surface area is 112 Å². The quantitative estimate of drug-likeness (QED) is 0.874. The number of thiazole rings is 1. The molecule has 100 valence electrons. The maximum Gasteiger partial charge on any atom is 0.223 e. The van der Waals surface area contributed by atoms with Gasteiger partial charge in [-0.25, -0.2) is 4.98 Å². The van der Waals surface area contributed by atoms with Crippen LogP contribution in [0.3, 0.4) is 0 Å². The zero-order chi connectivity index (χ0) is 13.0. The van der Waals surface area contributed by atoms with E-state index in [4.69, 9.17) is 5.73 Å². The third kappa shape index (κ3) is 3.53. The van der Waals surface area contributed by atoms with Crippen LogP contribution in [-0.2, 0) is 11.3 Å². The van der Waals surface area contributed by atoms with Gasteiger partial charge in [0.1, 0.15) is 0 Å². The summed E-state index contributed by atoms with van der Waals surface area (Å²) in [6.45, 7) is 3.29. The van der Waals surface area contributed by atoms with Gasteiger partial charge in [-0.15, -0.1) is 11.3 Å². The van der Waals surface area contributed by atoms with E-state index in [1.807, 2.05) is 12.3 Å². The molecule has 0 spiro atoms. The summed E-state index contributed by atoms with van der Waals surface area (Å²) in [6.07, 6.45) is 4.13. The molecule has 4 nitrogen and oxygen atoms in total. The van der Waals surface area contributed by atoms with Crippen molar-refractivity contribution in [3.05, 3.63) is 16.1 Å². The molecule has 1 amide bonds. The zero-order valence-corrected chi connectivity index (χ0v) is 11.6. The molecule has 0 atom stereocenters. The largest absolute Gasteiger partial charge is 0.350 e. The first kappa shape index (κ1) is 13.5. The van der Waals surface area contributed by atoms with E-state index >= 15 is 0 Å². The lowest BCUT2D eigenvalue weighted by atomic mass is 9.81. The molecular weight excluding hydrogens is 246 g/mol. The van der Waals surface area contributed by atoms with Crippen molar-refractivity contribution in [1.82, 2.24) is 10.3 Å². The molecule has 2 rings (SSSR count). The SMILES string of the molecule is Cc1nc(CNC(=O)C2CCC(CN)CC2)cs1. The summed E-state index contributed by atoms with van der Waals surface area (Å²) < 4.78 is 0. The van der Waals surface area contributed by atoms with Crippen molar-refractivity contribution in [3.63, 3.8) is 0 Å². The second-order valence-electron chi connectivity index (χ2n) is 5.03. The smallest absolute Gasteiger partial charge is 0.223 e. The molecule has 1 aliphatic rings. The Hall–Kier alpha value is -0.940. The Balaban J connectivity index is 1.75. The number of rotatable bonds is 4. The number of nitrogens with zero attached hydrogens (tertiary/aromatic N) is 1. The van der Waals surface area contributed by atoms with Crippen molar-refractivity contribution in [2.75, 3.05) is 6.54 Å².